The summed E-state index contributed by atoms with van der Waals surface area (Å²) in [5.41, 5.74) is -0.309. The minimum Gasteiger partial charge on any atom is -0.490 e. The Kier molecular flexibility index (Phi) is 5.98. The van der Waals surface area contributed by atoms with Crippen LogP contribution < -0.4 is 9.46 Å². The maximum absolute atomic E-state index is 15.5. The average Bonchev–Trinajstić information content (AvgIpc) is 2.79. The first-order valence-corrected chi connectivity index (χ1v) is 14.9. The monoisotopic (exact) mass is 545 g/mol. The molecule has 0 bridgehead atoms. The van der Waals surface area contributed by atoms with E-state index in [9.17, 15) is 21.2 Å². The van der Waals surface area contributed by atoms with Gasteiger partial charge in [-0.2, -0.15) is 0 Å². The van der Waals surface area contributed by atoms with Crippen LogP contribution in [-0.2, 0) is 24.6 Å². The molecule has 1 aliphatic carbocycles. The van der Waals surface area contributed by atoms with Gasteiger partial charge in [-0.05, 0) is 67.5 Å². The standard InChI is InChI=1S/C24H26ClF2NO5S2/c1-13(2)21-11-16-17-12-33-23-19(27)8-7-18(26)22(23)24(17,10-9-20(16)28-35(21,31)32)34(29,30)15-5-3-14(25)4-6-15/h3-8,13,16-17,20-21,28H,9-12H2,1-2H3/t16-,17-,20+,21+,24?/m1/s1. The number of hydrogen-bond acceptors (Lipinski definition) is 5. The summed E-state index contributed by atoms with van der Waals surface area (Å²) in [7, 11) is -7.90. The van der Waals surface area contributed by atoms with E-state index >= 15 is 4.39 Å². The Bertz CT molecular complexity index is 1380. The molecule has 0 spiro atoms. The summed E-state index contributed by atoms with van der Waals surface area (Å²) < 4.78 is 91.5. The third-order valence-corrected chi connectivity index (χ3v) is 12.9. The minimum atomic E-state index is -4.29. The van der Waals surface area contributed by atoms with Gasteiger partial charge in [0, 0.05) is 17.0 Å². The van der Waals surface area contributed by atoms with E-state index in [1.54, 1.807) is 13.8 Å². The molecule has 5 atom stereocenters. The molecule has 2 aromatic rings. The summed E-state index contributed by atoms with van der Waals surface area (Å²) in [6.45, 7) is 3.42. The zero-order chi connectivity index (χ0) is 25.3. The molecule has 3 aliphatic rings. The lowest BCUT2D eigenvalue weighted by atomic mass is 9.64. The molecule has 2 heterocycles. The Hall–Kier alpha value is -1.75. The first-order valence-electron chi connectivity index (χ1n) is 11.5. The van der Waals surface area contributed by atoms with Crippen molar-refractivity contribution in [1.82, 2.24) is 4.72 Å². The first-order chi connectivity index (χ1) is 16.4. The van der Waals surface area contributed by atoms with Crippen molar-refractivity contribution in [3.8, 4) is 5.75 Å². The molecular formula is C24H26ClF2NO5S2. The second-order valence-electron chi connectivity index (χ2n) is 9.99. The van der Waals surface area contributed by atoms with Crippen LogP contribution in [0.5, 0.6) is 5.75 Å². The minimum absolute atomic E-state index is 0.0568. The quantitative estimate of drug-likeness (QED) is 0.616. The third-order valence-electron chi connectivity index (χ3n) is 7.91. The molecule has 35 heavy (non-hydrogen) atoms. The summed E-state index contributed by atoms with van der Waals surface area (Å²) in [5.74, 6) is -3.55. The highest BCUT2D eigenvalue weighted by Gasteiger charge is 2.64. The largest absolute Gasteiger partial charge is 0.490 e. The maximum Gasteiger partial charge on any atom is 0.215 e. The molecule has 6 nitrogen and oxygen atoms in total. The van der Waals surface area contributed by atoms with Crippen molar-refractivity contribution in [3.63, 3.8) is 0 Å². The van der Waals surface area contributed by atoms with Gasteiger partial charge < -0.3 is 4.74 Å². The van der Waals surface area contributed by atoms with Crippen LogP contribution in [0.2, 0.25) is 5.02 Å². The smallest absolute Gasteiger partial charge is 0.215 e. The van der Waals surface area contributed by atoms with Crippen molar-refractivity contribution >= 4 is 31.5 Å². The number of hydrogen-bond donors (Lipinski definition) is 1. The Balaban J connectivity index is 1.75. The van der Waals surface area contributed by atoms with Crippen LogP contribution in [0.4, 0.5) is 8.78 Å². The van der Waals surface area contributed by atoms with Crippen LogP contribution >= 0.6 is 11.6 Å². The lowest BCUT2D eigenvalue weighted by Crippen LogP contribution is -2.64. The average molecular weight is 546 g/mol. The van der Waals surface area contributed by atoms with E-state index in [1.165, 1.54) is 24.3 Å². The van der Waals surface area contributed by atoms with E-state index in [0.717, 1.165) is 12.1 Å². The number of benzene rings is 2. The molecule has 2 fully saturated rings. The first kappa shape index (κ1) is 24.9. The molecule has 1 saturated heterocycles. The van der Waals surface area contributed by atoms with Gasteiger partial charge in [0.2, 0.25) is 10.0 Å². The van der Waals surface area contributed by atoms with E-state index in [-0.39, 0.29) is 42.2 Å². The molecule has 190 valence electrons. The van der Waals surface area contributed by atoms with Gasteiger partial charge >= 0.3 is 0 Å². The van der Waals surface area contributed by atoms with E-state index in [1.807, 2.05) is 0 Å². The lowest BCUT2D eigenvalue weighted by molar-refractivity contribution is 0.0472. The summed E-state index contributed by atoms with van der Waals surface area (Å²) in [6.07, 6.45) is 0.276. The summed E-state index contributed by atoms with van der Waals surface area (Å²) in [4.78, 5) is -0.0568. The summed E-state index contributed by atoms with van der Waals surface area (Å²) in [5, 5.41) is -0.399. The highest BCUT2D eigenvalue weighted by Crippen LogP contribution is 2.59. The maximum atomic E-state index is 15.5. The SMILES string of the molecule is CC(C)[C@@H]1C[C@H]2[C@H](CCC3(S(=O)(=O)c4ccc(Cl)cc4)c4c(F)ccc(F)c4OC[C@H]23)NS1(=O)=O. The summed E-state index contributed by atoms with van der Waals surface area (Å²) >= 11 is 5.98. The lowest BCUT2D eigenvalue weighted by Gasteiger charge is -2.55. The van der Waals surface area contributed by atoms with Gasteiger partial charge in [-0.25, -0.2) is 30.3 Å². The van der Waals surface area contributed by atoms with Crippen molar-refractivity contribution in [2.75, 3.05) is 6.61 Å². The molecule has 2 aliphatic heterocycles. The number of rotatable bonds is 3. The number of halogens is 3. The van der Waals surface area contributed by atoms with Crippen molar-refractivity contribution in [2.24, 2.45) is 17.8 Å². The topological polar surface area (TPSA) is 89.5 Å². The van der Waals surface area contributed by atoms with Gasteiger partial charge in [-0.1, -0.05) is 25.4 Å². The number of sulfonamides is 1. The molecule has 0 aromatic heterocycles. The van der Waals surface area contributed by atoms with Crippen LogP contribution in [-0.4, -0.2) is 34.7 Å². The number of fused-ring (bicyclic) bond motifs is 5. The Morgan fingerprint density at radius 3 is 2.43 bits per heavy atom. The number of ether oxygens (including phenoxy) is 1. The molecule has 1 saturated carbocycles. The van der Waals surface area contributed by atoms with Gasteiger partial charge in [-0.15, -0.1) is 0 Å². The molecule has 1 unspecified atom stereocenters. The van der Waals surface area contributed by atoms with Crippen LogP contribution in [0.1, 0.15) is 38.7 Å². The predicted octanol–water partition coefficient (Wildman–Crippen LogP) is 4.42. The Morgan fingerprint density at radius 1 is 1.11 bits per heavy atom. The van der Waals surface area contributed by atoms with Crippen LogP contribution in [0.15, 0.2) is 41.3 Å². The summed E-state index contributed by atoms with van der Waals surface area (Å²) in [6, 6.07) is 6.94. The van der Waals surface area contributed by atoms with Crippen LogP contribution in [0, 0.1) is 29.4 Å². The van der Waals surface area contributed by atoms with Crippen molar-refractivity contribution in [1.29, 1.82) is 0 Å². The number of sulfone groups is 1. The second-order valence-corrected chi connectivity index (χ2v) is 14.6. The highest BCUT2D eigenvalue weighted by atomic mass is 35.5. The van der Waals surface area contributed by atoms with E-state index in [4.69, 9.17) is 16.3 Å². The van der Waals surface area contributed by atoms with E-state index in [2.05, 4.69) is 4.72 Å². The van der Waals surface area contributed by atoms with Gasteiger partial charge in [0.05, 0.1) is 22.3 Å². The second kappa shape index (κ2) is 8.39. The predicted molar refractivity (Wildman–Crippen MR) is 127 cm³/mol. The zero-order valence-electron chi connectivity index (χ0n) is 19.2. The third kappa shape index (κ3) is 3.62. The highest BCUT2D eigenvalue weighted by molar-refractivity contribution is 7.92. The van der Waals surface area contributed by atoms with Crippen LogP contribution in [0.3, 0.4) is 0 Å². The van der Waals surface area contributed by atoms with Gasteiger partial charge in [0.15, 0.2) is 21.4 Å². The zero-order valence-corrected chi connectivity index (χ0v) is 21.6. The molecule has 0 radical (unpaired) electrons. The fourth-order valence-electron chi connectivity index (χ4n) is 6.30. The molecule has 11 heteroatoms. The molecule has 1 N–H and O–H groups in total. The molecule has 5 rings (SSSR count). The van der Waals surface area contributed by atoms with Crippen molar-refractivity contribution in [3.05, 3.63) is 58.6 Å². The van der Waals surface area contributed by atoms with E-state index in [0.29, 0.717) is 5.02 Å². The molecule has 0 amide bonds. The van der Waals surface area contributed by atoms with Crippen LogP contribution in [0.25, 0.3) is 0 Å². The van der Waals surface area contributed by atoms with Crippen molar-refractivity contribution in [2.45, 2.75) is 54.0 Å². The fourth-order valence-corrected chi connectivity index (χ4v) is 10.9. The van der Waals surface area contributed by atoms with Gasteiger partial charge in [0.25, 0.3) is 0 Å². The number of nitrogens with one attached hydrogen (secondary N) is 1. The molecular weight excluding hydrogens is 520 g/mol. The Morgan fingerprint density at radius 2 is 1.77 bits per heavy atom. The van der Waals surface area contributed by atoms with Gasteiger partial charge in [-0.3, -0.25) is 0 Å². The van der Waals surface area contributed by atoms with Gasteiger partial charge in [0.1, 0.15) is 10.6 Å². The Labute approximate surface area is 209 Å². The van der Waals surface area contributed by atoms with Crippen molar-refractivity contribution < 1.29 is 30.4 Å². The van der Waals surface area contributed by atoms with E-state index < -0.39 is 65.1 Å². The fraction of sp³-hybridized carbons (Fsp3) is 0.500. The normalized spacial score (nSPS) is 31.7. The molecule has 2 aromatic carbocycles.